The summed E-state index contributed by atoms with van der Waals surface area (Å²) in [5, 5.41) is 2.85. The highest BCUT2D eigenvalue weighted by molar-refractivity contribution is 5.80. The number of hydrogen-bond donors (Lipinski definition) is 1. The van der Waals surface area contributed by atoms with Gasteiger partial charge in [-0.3, -0.25) is 4.79 Å². The molecule has 0 saturated carbocycles. The first-order valence-electron chi connectivity index (χ1n) is 7.34. The van der Waals surface area contributed by atoms with Crippen LogP contribution in [0.2, 0.25) is 0 Å². The SMILES string of the molecule is COc1cccc(O[C@H](C)C(=O)NCc2ccccc2OC)c1. The molecule has 0 fully saturated rings. The molecule has 0 spiro atoms. The highest BCUT2D eigenvalue weighted by atomic mass is 16.5. The van der Waals surface area contributed by atoms with Crippen molar-refractivity contribution in [1.82, 2.24) is 5.32 Å². The van der Waals surface area contributed by atoms with E-state index < -0.39 is 6.10 Å². The number of ether oxygens (including phenoxy) is 3. The van der Waals surface area contributed by atoms with Gasteiger partial charge in [0.05, 0.1) is 14.2 Å². The van der Waals surface area contributed by atoms with Crippen molar-refractivity contribution in [3.05, 3.63) is 54.1 Å². The third kappa shape index (κ3) is 4.64. The van der Waals surface area contributed by atoms with Crippen LogP contribution in [0.5, 0.6) is 17.2 Å². The Labute approximate surface area is 136 Å². The predicted molar refractivity (Wildman–Crippen MR) is 87.9 cm³/mol. The van der Waals surface area contributed by atoms with Gasteiger partial charge < -0.3 is 19.5 Å². The topological polar surface area (TPSA) is 56.8 Å². The number of carbonyl (C=O) groups is 1. The van der Waals surface area contributed by atoms with Crippen molar-refractivity contribution >= 4 is 5.91 Å². The van der Waals surface area contributed by atoms with E-state index in [0.717, 1.165) is 11.3 Å². The molecule has 2 aromatic rings. The lowest BCUT2D eigenvalue weighted by Gasteiger charge is -2.16. The Morgan fingerprint density at radius 1 is 1.04 bits per heavy atom. The van der Waals surface area contributed by atoms with E-state index in [2.05, 4.69) is 5.32 Å². The van der Waals surface area contributed by atoms with E-state index in [1.165, 1.54) is 0 Å². The van der Waals surface area contributed by atoms with Crippen LogP contribution < -0.4 is 19.5 Å². The molecule has 0 aliphatic heterocycles. The number of benzene rings is 2. The van der Waals surface area contributed by atoms with Crippen molar-refractivity contribution < 1.29 is 19.0 Å². The van der Waals surface area contributed by atoms with Gasteiger partial charge in [-0.05, 0) is 25.1 Å². The molecule has 1 atom stereocenters. The van der Waals surface area contributed by atoms with Gasteiger partial charge in [0.2, 0.25) is 0 Å². The summed E-state index contributed by atoms with van der Waals surface area (Å²) in [6, 6.07) is 14.7. The van der Waals surface area contributed by atoms with E-state index >= 15 is 0 Å². The lowest BCUT2D eigenvalue weighted by molar-refractivity contribution is -0.127. The van der Waals surface area contributed by atoms with Crippen LogP contribution in [0.3, 0.4) is 0 Å². The first-order valence-corrected chi connectivity index (χ1v) is 7.34. The second-order valence-corrected chi connectivity index (χ2v) is 4.97. The minimum atomic E-state index is -0.614. The van der Waals surface area contributed by atoms with Gasteiger partial charge >= 0.3 is 0 Å². The summed E-state index contributed by atoms with van der Waals surface area (Å²) in [5.74, 6) is 1.82. The maximum Gasteiger partial charge on any atom is 0.261 e. The zero-order chi connectivity index (χ0) is 16.7. The van der Waals surface area contributed by atoms with Crippen LogP contribution >= 0.6 is 0 Å². The maximum absolute atomic E-state index is 12.2. The second-order valence-electron chi connectivity index (χ2n) is 4.97. The molecule has 0 saturated heterocycles. The molecule has 5 heteroatoms. The van der Waals surface area contributed by atoms with E-state index in [9.17, 15) is 4.79 Å². The number of carbonyl (C=O) groups excluding carboxylic acids is 1. The van der Waals surface area contributed by atoms with Crippen LogP contribution in [0.4, 0.5) is 0 Å². The predicted octanol–water partition coefficient (Wildman–Crippen LogP) is 2.79. The number of amides is 1. The minimum absolute atomic E-state index is 0.196. The monoisotopic (exact) mass is 315 g/mol. The number of methoxy groups -OCH3 is 2. The first-order chi connectivity index (χ1) is 11.1. The summed E-state index contributed by atoms with van der Waals surface area (Å²) >= 11 is 0. The average molecular weight is 315 g/mol. The van der Waals surface area contributed by atoms with Crippen LogP contribution in [0.15, 0.2) is 48.5 Å². The minimum Gasteiger partial charge on any atom is -0.497 e. The van der Waals surface area contributed by atoms with Crippen LogP contribution in [-0.2, 0) is 11.3 Å². The van der Waals surface area contributed by atoms with Crippen LogP contribution in [0.1, 0.15) is 12.5 Å². The number of hydrogen-bond acceptors (Lipinski definition) is 4. The van der Waals surface area contributed by atoms with Gasteiger partial charge in [-0.1, -0.05) is 24.3 Å². The Balaban J connectivity index is 1.92. The summed E-state index contributed by atoms with van der Waals surface area (Å²) in [6.07, 6.45) is -0.614. The molecular weight excluding hydrogens is 294 g/mol. The molecule has 0 bridgehead atoms. The molecule has 0 heterocycles. The zero-order valence-electron chi connectivity index (χ0n) is 13.5. The van der Waals surface area contributed by atoms with Crippen LogP contribution in [0, 0.1) is 0 Å². The normalized spacial score (nSPS) is 11.4. The van der Waals surface area contributed by atoms with E-state index in [-0.39, 0.29) is 5.91 Å². The van der Waals surface area contributed by atoms with Crippen molar-refractivity contribution in [2.24, 2.45) is 0 Å². The molecule has 2 aromatic carbocycles. The summed E-state index contributed by atoms with van der Waals surface area (Å²) < 4.78 is 16.0. The number of rotatable bonds is 7. The Morgan fingerprint density at radius 3 is 2.52 bits per heavy atom. The molecule has 5 nitrogen and oxygen atoms in total. The molecule has 122 valence electrons. The fourth-order valence-electron chi connectivity index (χ4n) is 2.11. The van der Waals surface area contributed by atoms with Gasteiger partial charge in [0.1, 0.15) is 17.2 Å². The van der Waals surface area contributed by atoms with Crippen LogP contribution in [0.25, 0.3) is 0 Å². The summed E-state index contributed by atoms with van der Waals surface area (Å²) in [7, 11) is 3.19. The van der Waals surface area contributed by atoms with Gasteiger partial charge in [0.25, 0.3) is 5.91 Å². The molecule has 0 aromatic heterocycles. The quantitative estimate of drug-likeness (QED) is 0.853. The summed E-state index contributed by atoms with van der Waals surface area (Å²) in [6.45, 7) is 2.09. The maximum atomic E-state index is 12.2. The highest BCUT2D eigenvalue weighted by Gasteiger charge is 2.15. The number of nitrogens with one attached hydrogen (secondary N) is 1. The Hall–Kier alpha value is -2.69. The van der Waals surface area contributed by atoms with Gasteiger partial charge in [-0.25, -0.2) is 0 Å². The molecule has 0 aliphatic rings. The van der Waals surface area contributed by atoms with Crippen molar-refractivity contribution in [2.75, 3.05) is 14.2 Å². The van der Waals surface area contributed by atoms with Gasteiger partial charge in [0, 0.05) is 18.2 Å². The molecule has 1 amide bonds. The molecular formula is C18H21NO4. The smallest absolute Gasteiger partial charge is 0.261 e. The first kappa shape index (κ1) is 16.7. The zero-order valence-corrected chi connectivity index (χ0v) is 13.5. The van der Waals surface area contributed by atoms with Gasteiger partial charge in [-0.15, -0.1) is 0 Å². The second kappa shape index (κ2) is 8.08. The summed E-state index contributed by atoms with van der Waals surface area (Å²) in [4.78, 5) is 12.2. The molecule has 23 heavy (non-hydrogen) atoms. The fourth-order valence-corrected chi connectivity index (χ4v) is 2.11. The Morgan fingerprint density at radius 2 is 1.78 bits per heavy atom. The highest BCUT2D eigenvalue weighted by Crippen LogP contribution is 2.20. The Kier molecular flexibility index (Phi) is 5.86. The summed E-state index contributed by atoms with van der Waals surface area (Å²) in [5.41, 5.74) is 0.914. The average Bonchev–Trinajstić information content (AvgIpc) is 2.59. The standard InChI is InChI=1S/C18H21NO4/c1-13(23-16-9-6-8-15(11-16)21-2)18(20)19-12-14-7-4-5-10-17(14)22-3/h4-11,13H,12H2,1-3H3,(H,19,20)/t13-/m1/s1. The Bertz CT molecular complexity index is 657. The molecule has 0 aliphatic carbocycles. The van der Waals surface area contributed by atoms with Gasteiger partial charge in [0.15, 0.2) is 6.10 Å². The number of para-hydroxylation sites is 1. The third-order valence-corrected chi connectivity index (χ3v) is 3.37. The van der Waals surface area contributed by atoms with Crippen molar-refractivity contribution in [2.45, 2.75) is 19.6 Å². The van der Waals surface area contributed by atoms with E-state index in [0.29, 0.717) is 18.0 Å². The van der Waals surface area contributed by atoms with Crippen molar-refractivity contribution in [3.8, 4) is 17.2 Å². The van der Waals surface area contributed by atoms with E-state index in [1.54, 1.807) is 33.3 Å². The third-order valence-electron chi connectivity index (χ3n) is 3.37. The lowest BCUT2D eigenvalue weighted by atomic mass is 10.2. The van der Waals surface area contributed by atoms with Gasteiger partial charge in [-0.2, -0.15) is 0 Å². The van der Waals surface area contributed by atoms with E-state index in [4.69, 9.17) is 14.2 Å². The van der Waals surface area contributed by atoms with Crippen LogP contribution in [-0.4, -0.2) is 26.2 Å². The van der Waals surface area contributed by atoms with Crippen molar-refractivity contribution in [3.63, 3.8) is 0 Å². The van der Waals surface area contributed by atoms with Crippen molar-refractivity contribution in [1.29, 1.82) is 0 Å². The lowest BCUT2D eigenvalue weighted by Crippen LogP contribution is -2.35. The largest absolute Gasteiger partial charge is 0.497 e. The molecule has 0 unspecified atom stereocenters. The van der Waals surface area contributed by atoms with E-state index in [1.807, 2.05) is 36.4 Å². The molecule has 1 N–H and O–H groups in total. The fraction of sp³-hybridized carbons (Fsp3) is 0.278. The molecule has 0 radical (unpaired) electrons. The molecule has 2 rings (SSSR count).